The molecule has 0 aliphatic carbocycles. The van der Waals surface area contributed by atoms with Gasteiger partial charge in [-0.05, 0) is 25.1 Å². The summed E-state index contributed by atoms with van der Waals surface area (Å²) in [6.07, 6.45) is 0.876. The quantitative estimate of drug-likeness (QED) is 0.337. The van der Waals surface area contributed by atoms with Crippen molar-refractivity contribution in [1.29, 1.82) is 0 Å². The first kappa shape index (κ1) is 25.9. The van der Waals surface area contributed by atoms with Crippen molar-refractivity contribution in [2.24, 2.45) is 0 Å². The lowest BCUT2D eigenvalue weighted by Gasteiger charge is -2.22. The highest BCUT2D eigenvalue weighted by Gasteiger charge is 2.43. The number of nitrogens with one attached hydrogen (secondary N) is 2. The molecule has 14 heteroatoms. The number of cyclic esters (lactones) is 1. The number of fused-ring (bicyclic) bond motifs is 2. The summed E-state index contributed by atoms with van der Waals surface area (Å²) in [6.45, 7) is 2.32. The van der Waals surface area contributed by atoms with Gasteiger partial charge in [0.05, 0.1) is 30.6 Å². The van der Waals surface area contributed by atoms with E-state index in [2.05, 4.69) is 20.6 Å². The van der Waals surface area contributed by atoms with Gasteiger partial charge >= 0.3 is 6.09 Å². The van der Waals surface area contributed by atoms with Gasteiger partial charge in [-0.15, -0.1) is 0 Å². The molecule has 3 N–H and O–H groups in total. The Hall–Kier alpha value is -3.75. The zero-order valence-electron chi connectivity index (χ0n) is 20.4. The Morgan fingerprint density at radius 3 is 2.92 bits per heavy atom. The Bertz CT molecular complexity index is 1470. The zero-order chi connectivity index (χ0) is 26.9. The van der Waals surface area contributed by atoms with Crippen LogP contribution in [0.5, 0.6) is 5.75 Å². The van der Waals surface area contributed by atoms with Gasteiger partial charge in [0.1, 0.15) is 17.2 Å². The maximum Gasteiger partial charge on any atom is 0.416 e. The van der Waals surface area contributed by atoms with Crippen LogP contribution in [0.3, 0.4) is 0 Å². The molecule has 1 aromatic carbocycles. The fourth-order valence-electron chi connectivity index (χ4n) is 4.32. The molecule has 1 fully saturated rings. The van der Waals surface area contributed by atoms with E-state index in [1.54, 1.807) is 19.1 Å². The third kappa shape index (κ3) is 5.14. The number of aliphatic hydroxyl groups is 1. The second kappa shape index (κ2) is 10.6. The summed E-state index contributed by atoms with van der Waals surface area (Å²) in [5.74, 6) is -0.0432. The molecule has 0 radical (unpaired) electrons. The molecule has 200 valence electrons. The van der Waals surface area contributed by atoms with Crippen molar-refractivity contribution < 1.29 is 28.6 Å². The second-order valence-corrected chi connectivity index (χ2v) is 9.97. The van der Waals surface area contributed by atoms with Crippen LogP contribution in [0.4, 0.5) is 20.8 Å². The Morgan fingerprint density at radius 1 is 1.29 bits per heavy atom. The third-order valence-electron chi connectivity index (χ3n) is 6.05. The van der Waals surface area contributed by atoms with E-state index < -0.39 is 17.5 Å². The van der Waals surface area contributed by atoms with Crippen LogP contribution in [0.15, 0.2) is 40.3 Å². The first-order chi connectivity index (χ1) is 18.3. The largest absolute Gasteiger partial charge is 0.487 e. The Kier molecular flexibility index (Phi) is 7.19. The Morgan fingerprint density at radius 2 is 2.11 bits per heavy atom. The number of hydrogen-bond donors (Lipinski definition) is 3. The molecule has 1 atom stereocenters. The van der Waals surface area contributed by atoms with Crippen molar-refractivity contribution in [3.8, 4) is 5.75 Å². The lowest BCUT2D eigenvalue weighted by atomic mass is 10.1. The van der Waals surface area contributed by atoms with E-state index in [9.17, 15) is 23.9 Å². The van der Waals surface area contributed by atoms with Crippen molar-refractivity contribution >= 4 is 46.3 Å². The number of anilines is 2. The smallest absolute Gasteiger partial charge is 0.416 e. The zero-order valence-corrected chi connectivity index (χ0v) is 21.2. The fourth-order valence-corrected chi connectivity index (χ4v) is 5.03. The van der Waals surface area contributed by atoms with E-state index in [4.69, 9.17) is 9.47 Å². The number of rotatable bonds is 9. The predicted molar refractivity (Wildman–Crippen MR) is 137 cm³/mol. The van der Waals surface area contributed by atoms with Crippen LogP contribution >= 0.6 is 11.8 Å². The van der Waals surface area contributed by atoms with E-state index in [1.165, 1.54) is 39.6 Å². The van der Waals surface area contributed by atoms with Gasteiger partial charge in [0.2, 0.25) is 5.91 Å². The van der Waals surface area contributed by atoms with Gasteiger partial charge in [0.25, 0.3) is 5.56 Å². The van der Waals surface area contributed by atoms with Gasteiger partial charge in [0, 0.05) is 31.1 Å². The SMILES string of the molecule is C[C@]1(CNCCOc2c(F)ccc3ccc(=O)n(CCO)c23)CN(c2cnc3c(n2)NC(=O)CS3)C(=O)O1. The minimum absolute atomic E-state index is 0.00820. The average molecular weight is 545 g/mol. The molecule has 12 nitrogen and oxygen atoms in total. The van der Waals surface area contributed by atoms with Crippen LogP contribution < -0.4 is 25.8 Å². The molecule has 2 aliphatic heterocycles. The normalized spacial score (nSPS) is 18.9. The van der Waals surface area contributed by atoms with Crippen molar-refractivity contribution in [3.63, 3.8) is 0 Å². The maximum absolute atomic E-state index is 14.6. The summed E-state index contributed by atoms with van der Waals surface area (Å²) in [5.41, 5.74) is -0.982. The van der Waals surface area contributed by atoms with Gasteiger partial charge in [0.15, 0.2) is 23.2 Å². The van der Waals surface area contributed by atoms with E-state index >= 15 is 0 Å². The molecule has 2 amide bonds. The Balaban J connectivity index is 1.20. The third-order valence-corrected chi connectivity index (χ3v) is 7.03. The summed E-state index contributed by atoms with van der Waals surface area (Å²) in [5, 5.41) is 16.3. The van der Waals surface area contributed by atoms with Gasteiger partial charge < -0.3 is 29.8 Å². The summed E-state index contributed by atoms with van der Waals surface area (Å²) in [7, 11) is 0. The molecule has 1 saturated heterocycles. The molecule has 2 aliphatic rings. The van der Waals surface area contributed by atoms with Crippen molar-refractivity contribution in [1.82, 2.24) is 19.9 Å². The first-order valence-electron chi connectivity index (χ1n) is 11.8. The summed E-state index contributed by atoms with van der Waals surface area (Å²) in [6, 6.07) is 5.75. The highest BCUT2D eigenvalue weighted by Crippen LogP contribution is 2.32. The number of pyridine rings is 1. The topological polar surface area (TPSA) is 148 Å². The first-order valence-corrected chi connectivity index (χ1v) is 12.8. The van der Waals surface area contributed by atoms with Crippen LogP contribution in [0.2, 0.25) is 0 Å². The van der Waals surface area contributed by atoms with Gasteiger partial charge in [-0.2, -0.15) is 0 Å². The number of thioether (sulfide) groups is 1. The molecule has 0 spiro atoms. The molecule has 4 heterocycles. The lowest BCUT2D eigenvalue weighted by molar-refractivity contribution is -0.113. The number of nitrogens with zero attached hydrogens (tertiary/aromatic N) is 4. The van der Waals surface area contributed by atoms with Crippen LogP contribution in [0.25, 0.3) is 10.9 Å². The number of benzene rings is 1. The van der Waals surface area contributed by atoms with Crippen molar-refractivity contribution in [3.05, 3.63) is 46.6 Å². The maximum atomic E-state index is 14.6. The minimum Gasteiger partial charge on any atom is -0.487 e. The van der Waals surface area contributed by atoms with E-state index in [0.717, 1.165) is 0 Å². The number of ether oxygens (including phenoxy) is 2. The number of carbonyl (C=O) groups excluding carboxylic acids is 2. The fraction of sp³-hybridized carbons (Fsp3) is 0.375. The van der Waals surface area contributed by atoms with E-state index in [0.29, 0.717) is 22.8 Å². The number of hydrogen-bond acceptors (Lipinski definition) is 10. The van der Waals surface area contributed by atoms with Crippen LogP contribution in [0.1, 0.15) is 6.92 Å². The van der Waals surface area contributed by atoms with Gasteiger partial charge in [-0.1, -0.05) is 11.8 Å². The highest BCUT2D eigenvalue weighted by molar-refractivity contribution is 8.00. The summed E-state index contributed by atoms with van der Waals surface area (Å²) in [4.78, 5) is 46.5. The number of aromatic nitrogens is 3. The van der Waals surface area contributed by atoms with Crippen LogP contribution in [-0.4, -0.2) is 75.8 Å². The second-order valence-electron chi connectivity index (χ2n) is 9.01. The molecule has 0 bridgehead atoms. The number of halogens is 1. The average Bonchev–Trinajstić information content (AvgIpc) is 3.20. The standard InChI is InChI=1S/C24H25FN6O6S/c1-24(13-31(23(35)37-24)16-10-27-22-21(28-16)29-17(33)11-38-22)12-26-6-9-36-20-15(25)4-2-14-3-5-18(34)30(7-8-32)19(14)20/h2-5,10,26,32H,6-9,11-13H2,1H3,(H,28,29,33)/t24-/m0/s1. The number of amides is 2. The molecule has 0 unspecified atom stereocenters. The van der Waals surface area contributed by atoms with Gasteiger partial charge in [-0.25, -0.2) is 19.2 Å². The minimum atomic E-state index is -0.890. The molecule has 5 rings (SSSR count). The van der Waals surface area contributed by atoms with E-state index in [1.807, 2.05) is 0 Å². The summed E-state index contributed by atoms with van der Waals surface area (Å²) >= 11 is 1.27. The van der Waals surface area contributed by atoms with Crippen molar-refractivity contribution in [2.75, 3.05) is 48.8 Å². The molecule has 0 saturated carbocycles. The summed E-state index contributed by atoms with van der Waals surface area (Å²) < 4.78 is 27.2. The van der Waals surface area contributed by atoms with Gasteiger partial charge in [-0.3, -0.25) is 14.5 Å². The highest BCUT2D eigenvalue weighted by atomic mass is 32.2. The number of carbonyl (C=O) groups is 2. The molecule has 2 aromatic heterocycles. The molecular weight excluding hydrogens is 519 g/mol. The predicted octanol–water partition coefficient (Wildman–Crippen LogP) is 1.35. The van der Waals surface area contributed by atoms with E-state index in [-0.39, 0.29) is 67.2 Å². The molecule has 38 heavy (non-hydrogen) atoms. The lowest BCUT2D eigenvalue weighted by Crippen LogP contribution is -2.42. The number of aliphatic hydroxyl groups excluding tert-OH is 1. The molecular formula is C24H25FN6O6S. The molecule has 3 aromatic rings. The Labute approximate surface area is 220 Å². The van der Waals surface area contributed by atoms with Crippen LogP contribution in [0, 0.1) is 5.82 Å². The van der Waals surface area contributed by atoms with Crippen LogP contribution in [-0.2, 0) is 16.1 Å². The monoisotopic (exact) mass is 544 g/mol. The van der Waals surface area contributed by atoms with Crippen molar-refractivity contribution in [2.45, 2.75) is 24.1 Å².